The Hall–Kier alpha value is -0.790. The predicted octanol–water partition coefficient (Wildman–Crippen LogP) is 10.0. The Balaban J connectivity index is 1.34. The number of carbonyl (C=O) groups excluding carboxylic acids is 1. The highest BCUT2D eigenvalue weighted by atomic mass is 16.5. The van der Waals surface area contributed by atoms with E-state index in [9.17, 15) is 4.79 Å². The Morgan fingerprint density at radius 1 is 0.842 bits per heavy atom. The van der Waals surface area contributed by atoms with Gasteiger partial charge in [-0.25, -0.2) is 4.79 Å². The van der Waals surface area contributed by atoms with Crippen LogP contribution in [0.1, 0.15) is 140 Å². The molecule has 5 aliphatic carbocycles. The van der Waals surface area contributed by atoms with E-state index in [0.29, 0.717) is 27.6 Å². The molecule has 0 heterocycles. The van der Waals surface area contributed by atoms with Crippen molar-refractivity contribution in [2.75, 3.05) is 0 Å². The molecule has 0 aromatic rings. The molecule has 2 spiro atoms. The monoisotopic (exact) mass is 524 g/mol. The molecule has 0 bridgehead atoms. The predicted molar refractivity (Wildman–Crippen MR) is 159 cm³/mol. The summed E-state index contributed by atoms with van der Waals surface area (Å²) in [6.45, 7) is 24.1. The molecule has 0 aliphatic heterocycles. The average molecular weight is 525 g/mol. The molecule has 0 amide bonds. The van der Waals surface area contributed by atoms with Gasteiger partial charge in [-0.1, -0.05) is 74.3 Å². The molecule has 2 heteroatoms. The second-order valence-electron chi connectivity index (χ2n) is 16.7. The van der Waals surface area contributed by atoms with Crippen molar-refractivity contribution in [3.8, 4) is 0 Å². The molecule has 38 heavy (non-hydrogen) atoms. The summed E-state index contributed by atoms with van der Waals surface area (Å²) >= 11 is 0. The van der Waals surface area contributed by atoms with Crippen molar-refractivity contribution in [3.63, 3.8) is 0 Å². The lowest BCUT2D eigenvalue weighted by molar-refractivity contribution is -0.180. The SMILES string of the molecule is CC=C(C)C(=O)OC1CCC23CC24CCC2(C)C(C(C)CCC(C)C(C)C)CCC2(C)C4CCC3C1(C)C. The number of carbonyl (C=O) groups is 1. The Morgan fingerprint density at radius 3 is 2.16 bits per heavy atom. The fraction of sp³-hybridized carbons (Fsp3) is 0.917. The molecule has 0 N–H and O–H groups in total. The number of fused-ring (bicyclic) bond motifs is 2. The number of esters is 1. The third kappa shape index (κ3) is 3.79. The van der Waals surface area contributed by atoms with E-state index >= 15 is 0 Å². The highest BCUT2D eigenvalue weighted by Gasteiger charge is 2.82. The van der Waals surface area contributed by atoms with E-state index in [2.05, 4.69) is 55.4 Å². The summed E-state index contributed by atoms with van der Waals surface area (Å²) in [6.07, 6.45) is 17.1. The Bertz CT molecular complexity index is 960. The smallest absolute Gasteiger partial charge is 0.333 e. The number of hydrogen-bond acceptors (Lipinski definition) is 2. The Morgan fingerprint density at radius 2 is 1.50 bits per heavy atom. The fourth-order valence-electron chi connectivity index (χ4n) is 11.9. The van der Waals surface area contributed by atoms with Gasteiger partial charge in [0.1, 0.15) is 6.10 Å². The zero-order chi connectivity index (χ0) is 27.9. The quantitative estimate of drug-likeness (QED) is 0.245. The summed E-state index contributed by atoms with van der Waals surface area (Å²) in [5.74, 6) is 4.90. The van der Waals surface area contributed by atoms with Gasteiger partial charge in [0.2, 0.25) is 0 Å². The fourth-order valence-corrected chi connectivity index (χ4v) is 11.9. The van der Waals surface area contributed by atoms with Crippen molar-refractivity contribution in [1.29, 1.82) is 0 Å². The molecule has 5 aliphatic rings. The lowest BCUT2D eigenvalue weighted by Crippen LogP contribution is -2.58. The van der Waals surface area contributed by atoms with Gasteiger partial charge in [-0.15, -0.1) is 0 Å². The van der Waals surface area contributed by atoms with Crippen LogP contribution >= 0.6 is 0 Å². The van der Waals surface area contributed by atoms with Gasteiger partial charge in [0.05, 0.1) is 0 Å². The summed E-state index contributed by atoms with van der Waals surface area (Å²) in [5.41, 5.74) is 2.90. The molecule has 5 rings (SSSR count). The normalized spacial score (nSPS) is 46.9. The van der Waals surface area contributed by atoms with Gasteiger partial charge in [-0.05, 0) is 129 Å². The maximum absolute atomic E-state index is 12.7. The van der Waals surface area contributed by atoms with Crippen molar-refractivity contribution in [1.82, 2.24) is 0 Å². The van der Waals surface area contributed by atoms with Crippen LogP contribution in [-0.2, 0) is 9.53 Å². The van der Waals surface area contributed by atoms with Crippen LogP contribution in [0.5, 0.6) is 0 Å². The Kier molecular flexibility index (Phi) is 7.09. The van der Waals surface area contributed by atoms with E-state index in [1.165, 1.54) is 64.2 Å². The summed E-state index contributed by atoms with van der Waals surface area (Å²) in [4.78, 5) is 12.7. The van der Waals surface area contributed by atoms with Gasteiger partial charge >= 0.3 is 5.97 Å². The van der Waals surface area contributed by atoms with Crippen molar-refractivity contribution in [3.05, 3.63) is 11.6 Å². The van der Waals surface area contributed by atoms with Crippen LogP contribution in [0.4, 0.5) is 0 Å². The minimum atomic E-state index is -0.101. The van der Waals surface area contributed by atoms with E-state index < -0.39 is 0 Å². The standard InChI is InChI=1S/C36H60O2/c1-11-24(4)31(37)38-30-17-19-35-22-36(35)21-20-33(9)27(26(6)13-12-25(5)23(2)3)16-18-34(33,10)29(36)15-14-28(35)32(30,7)8/h11,23,25-30H,12-22H2,1-10H3. The third-order valence-electron chi connectivity index (χ3n) is 15.0. The van der Waals surface area contributed by atoms with E-state index in [-0.39, 0.29) is 17.5 Å². The Labute approximate surface area is 235 Å². The minimum absolute atomic E-state index is 0.0594. The van der Waals surface area contributed by atoms with E-state index in [4.69, 9.17) is 4.74 Å². The van der Waals surface area contributed by atoms with E-state index in [1.807, 2.05) is 19.9 Å². The average Bonchev–Trinajstić information content (AvgIpc) is 3.45. The zero-order valence-corrected chi connectivity index (χ0v) is 26.7. The van der Waals surface area contributed by atoms with Crippen molar-refractivity contribution in [2.24, 2.45) is 62.6 Å². The molecule has 10 atom stereocenters. The molecule has 0 aromatic carbocycles. The molecule has 0 aromatic heterocycles. The molecule has 10 unspecified atom stereocenters. The van der Waals surface area contributed by atoms with Crippen molar-refractivity contribution >= 4 is 5.97 Å². The topological polar surface area (TPSA) is 26.3 Å². The van der Waals surface area contributed by atoms with Crippen LogP contribution in [0.25, 0.3) is 0 Å². The first kappa shape index (κ1) is 28.7. The summed E-state index contributed by atoms with van der Waals surface area (Å²) in [6, 6.07) is 0. The maximum atomic E-state index is 12.7. The summed E-state index contributed by atoms with van der Waals surface area (Å²) < 4.78 is 6.20. The molecular weight excluding hydrogens is 464 g/mol. The van der Waals surface area contributed by atoms with Gasteiger partial charge in [0, 0.05) is 11.0 Å². The number of rotatable bonds is 7. The number of ether oxygens (including phenoxy) is 1. The van der Waals surface area contributed by atoms with Crippen LogP contribution in [-0.4, -0.2) is 12.1 Å². The van der Waals surface area contributed by atoms with E-state index in [0.717, 1.165) is 41.6 Å². The highest BCUT2D eigenvalue weighted by Crippen LogP contribution is 2.89. The lowest BCUT2D eigenvalue weighted by Gasteiger charge is -2.63. The van der Waals surface area contributed by atoms with Crippen LogP contribution in [0.2, 0.25) is 0 Å². The minimum Gasteiger partial charge on any atom is -0.458 e. The zero-order valence-electron chi connectivity index (χ0n) is 26.7. The van der Waals surface area contributed by atoms with Gasteiger partial charge in [0.15, 0.2) is 0 Å². The first-order valence-electron chi connectivity index (χ1n) is 16.5. The second kappa shape index (κ2) is 9.37. The lowest BCUT2D eigenvalue weighted by atomic mass is 9.41. The maximum Gasteiger partial charge on any atom is 0.333 e. The van der Waals surface area contributed by atoms with Gasteiger partial charge in [-0.2, -0.15) is 0 Å². The van der Waals surface area contributed by atoms with Crippen LogP contribution in [0, 0.1) is 62.6 Å². The number of allylic oxidation sites excluding steroid dienone is 1. The van der Waals surface area contributed by atoms with Gasteiger partial charge in [0.25, 0.3) is 0 Å². The highest BCUT2D eigenvalue weighted by molar-refractivity contribution is 5.87. The van der Waals surface area contributed by atoms with E-state index in [1.54, 1.807) is 0 Å². The molecule has 2 nitrogen and oxygen atoms in total. The van der Waals surface area contributed by atoms with Crippen LogP contribution in [0.3, 0.4) is 0 Å². The van der Waals surface area contributed by atoms with Crippen molar-refractivity contribution in [2.45, 2.75) is 146 Å². The van der Waals surface area contributed by atoms with Gasteiger partial charge < -0.3 is 4.74 Å². The molecule has 0 radical (unpaired) electrons. The molecule has 5 fully saturated rings. The third-order valence-corrected chi connectivity index (χ3v) is 15.0. The molecule has 0 saturated heterocycles. The van der Waals surface area contributed by atoms with Crippen LogP contribution in [0.15, 0.2) is 11.6 Å². The first-order valence-corrected chi connectivity index (χ1v) is 16.5. The van der Waals surface area contributed by atoms with Gasteiger partial charge in [-0.3, -0.25) is 0 Å². The largest absolute Gasteiger partial charge is 0.458 e. The van der Waals surface area contributed by atoms with Crippen molar-refractivity contribution < 1.29 is 9.53 Å². The summed E-state index contributed by atoms with van der Waals surface area (Å²) in [7, 11) is 0. The second-order valence-corrected chi connectivity index (χ2v) is 16.7. The first-order chi connectivity index (χ1) is 17.7. The molecular formula is C36H60O2. The van der Waals surface area contributed by atoms with Crippen LogP contribution < -0.4 is 0 Å². The molecule has 216 valence electrons. The number of hydrogen-bond donors (Lipinski definition) is 0. The molecule has 5 saturated carbocycles. The summed E-state index contributed by atoms with van der Waals surface area (Å²) in [5, 5.41) is 0.